The number of hydrogen-bond acceptors (Lipinski definition) is 4. The van der Waals surface area contributed by atoms with E-state index in [1.54, 1.807) is 0 Å². The zero-order valence-corrected chi connectivity index (χ0v) is 13.9. The van der Waals surface area contributed by atoms with Crippen LogP contribution in [0.5, 0.6) is 0 Å². The minimum Gasteiger partial charge on any atom is -0.351 e. The summed E-state index contributed by atoms with van der Waals surface area (Å²) in [7, 11) is -1.57. The van der Waals surface area contributed by atoms with Gasteiger partial charge < -0.3 is 10.2 Å². The average molecular weight is 360 g/mol. The van der Waals surface area contributed by atoms with Crippen molar-refractivity contribution in [2.45, 2.75) is 18.9 Å². The Morgan fingerprint density at radius 2 is 2.04 bits per heavy atom. The SMILES string of the molecule is CN(C(=O)CCNC(=O)c1ccc(F)cc1F)C1CCS(=O)(=O)C1. The van der Waals surface area contributed by atoms with Gasteiger partial charge in [-0.25, -0.2) is 17.2 Å². The van der Waals surface area contributed by atoms with Gasteiger partial charge in [0, 0.05) is 32.1 Å². The van der Waals surface area contributed by atoms with Crippen molar-refractivity contribution in [3.63, 3.8) is 0 Å². The van der Waals surface area contributed by atoms with Crippen LogP contribution in [0.4, 0.5) is 8.78 Å². The molecule has 1 aromatic carbocycles. The maximum atomic E-state index is 13.5. The van der Waals surface area contributed by atoms with Crippen LogP contribution >= 0.6 is 0 Å². The third kappa shape index (κ3) is 4.50. The van der Waals surface area contributed by atoms with Crippen molar-refractivity contribution in [1.82, 2.24) is 10.2 Å². The number of nitrogens with zero attached hydrogens (tertiary/aromatic N) is 1. The minimum atomic E-state index is -3.09. The van der Waals surface area contributed by atoms with Crippen molar-refractivity contribution in [3.05, 3.63) is 35.4 Å². The Balaban J connectivity index is 1.83. The van der Waals surface area contributed by atoms with Crippen molar-refractivity contribution in [3.8, 4) is 0 Å². The molecule has 1 heterocycles. The summed E-state index contributed by atoms with van der Waals surface area (Å²) in [5, 5.41) is 2.38. The molecule has 0 saturated carbocycles. The number of carbonyl (C=O) groups is 2. The summed E-state index contributed by atoms with van der Waals surface area (Å²) in [4.78, 5) is 25.2. The quantitative estimate of drug-likeness (QED) is 0.839. The predicted molar refractivity (Wildman–Crippen MR) is 83.1 cm³/mol. The zero-order valence-electron chi connectivity index (χ0n) is 13.1. The summed E-state index contributed by atoms with van der Waals surface area (Å²) >= 11 is 0. The number of hydrogen-bond donors (Lipinski definition) is 1. The fraction of sp³-hybridized carbons (Fsp3) is 0.467. The van der Waals surface area contributed by atoms with Crippen LogP contribution in [0.25, 0.3) is 0 Å². The molecule has 1 aromatic rings. The molecule has 1 atom stereocenters. The molecule has 1 aliphatic heterocycles. The van der Waals surface area contributed by atoms with Gasteiger partial charge in [0.2, 0.25) is 5.91 Å². The van der Waals surface area contributed by atoms with Gasteiger partial charge in [-0.1, -0.05) is 0 Å². The van der Waals surface area contributed by atoms with Gasteiger partial charge in [0.1, 0.15) is 11.6 Å². The molecule has 2 amide bonds. The first kappa shape index (κ1) is 18.3. The number of halogens is 2. The Labute approximate surface area is 138 Å². The Morgan fingerprint density at radius 1 is 1.33 bits per heavy atom. The van der Waals surface area contributed by atoms with Crippen LogP contribution in [-0.2, 0) is 14.6 Å². The van der Waals surface area contributed by atoms with Crippen LogP contribution in [0.2, 0.25) is 0 Å². The van der Waals surface area contributed by atoms with E-state index < -0.39 is 27.4 Å². The highest BCUT2D eigenvalue weighted by atomic mass is 32.2. The summed E-state index contributed by atoms with van der Waals surface area (Å²) < 4.78 is 49.1. The second-order valence-electron chi connectivity index (χ2n) is 5.69. The highest BCUT2D eigenvalue weighted by Crippen LogP contribution is 2.17. The molecule has 0 aliphatic carbocycles. The van der Waals surface area contributed by atoms with Crippen LogP contribution in [0, 0.1) is 11.6 Å². The molecule has 1 unspecified atom stereocenters. The predicted octanol–water partition coefficient (Wildman–Crippen LogP) is 0.730. The summed E-state index contributed by atoms with van der Waals surface area (Å²) in [5.74, 6) is -2.80. The fourth-order valence-corrected chi connectivity index (χ4v) is 4.29. The topological polar surface area (TPSA) is 83.6 Å². The first-order valence-electron chi connectivity index (χ1n) is 7.39. The van der Waals surface area contributed by atoms with E-state index in [1.165, 1.54) is 11.9 Å². The van der Waals surface area contributed by atoms with Gasteiger partial charge in [-0.05, 0) is 18.6 Å². The van der Waals surface area contributed by atoms with Gasteiger partial charge in [0.25, 0.3) is 5.91 Å². The van der Waals surface area contributed by atoms with Crippen molar-refractivity contribution < 1.29 is 26.8 Å². The van der Waals surface area contributed by atoms with Crippen LogP contribution in [0.3, 0.4) is 0 Å². The molecule has 0 spiro atoms. The summed E-state index contributed by atoms with van der Waals surface area (Å²) in [5.41, 5.74) is -0.306. The van der Waals surface area contributed by atoms with E-state index in [2.05, 4.69) is 5.32 Å². The van der Waals surface area contributed by atoms with E-state index in [9.17, 15) is 26.8 Å². The van der Waals surface area contributed by atoms with Crippen LogP contribution < -0.4 is 5.32 Å². The highest BCUT2D eigenvalue weighted by Gasteiger charge is 2.32. The highest BCUT2D eigenvalue weighted by molar-refractivity contribution is 7.91. The number of carbonyl (C=O) groups excluding carboxylic acids is 2. The standard InChI is InChI=1S/C15H18F2N2O4S/c1-19(11-5-7-24(22,23)9-11)14(20)4-6-18-15(21)12-3-2-10(16)8-13(12)17/h2-3,8,11H,4-7,9H2,1H3,(H,18,21). The van der Waals surface area contributed by atoms with E-state index >= 15 is 0 Å². The summed E-state index contributed by atoms with van der Waals surface area (Å²) in [6, 6.07) is 2.25. The molecule has 9 heteroatoms. The van der Waals surface area contributed by atoms with Crippen LogP contribution in [0.15, 0.2) is 18.2 Å². The zero-order chi connectivity index (χ0) is 17.9. The number of nitrogens with one attached hydrogen (secondary N) is 1. The lowest BCUT2D eigenvalue weighted by Crippen LogP contribution is -2.39. The van der Waals surface area contributed by atoms with Gasteiger partial charge >= 0.3 is 0 Å². The first-order chi connectivity index (χ1) is 11.2. The van der Waals surface area contributed by atoms with Gasteiger partial charge in [-0.2, -0.15) is 0 Å². The molecule has 0 radical (unpaired) electrons. The first-order valence-corrected chi connectivity index (χ1v) is 9.21. The van der Waals surface area contributed by atoms with Crippen molar-refractivity contribution in [1.29, 1.82) is 0 Å². The number of sulfone groups is 1. The Kier molecular flexibility index (Phi) is 5.53. The molecule has 1 aliphatic rings. The molecule has 1 fully saturated rings. The molecule has 6 nitrogen and oxygen atoms in total. The van der Waals surface area contributed by atoms with Gasteiger partial charge in [0.05, 0.1) is 17.1 Å². The van der Waals surface area contributed by atoms with E-state index in [0.29, 0.717) is 12.5 Å². The number of amides is 2. The van der Waals surface area contributed by atoms with Crippen molar-refractivity contribution in [2.75, 3.05) is 25.1 Å². The molecule has 1 N–H and O–H groups in total. The molecule has 2 rings (SSSR count). The van der Waals surface area contributed by atoms with E-state index in [4.69, 9.17) is 0 Å². The van der Waals surface area contributed by atoms with Gasteiger partial charge in [0.15, 0.2) is 9.84 Å². The molecular formula is C15H18F2N2O4S. The molecular weight excluding hydrogens is 342 g/mol. The number of benzene rings is 1. The van der Waals surface area contributed by atoms with Crippen LogP contribution in [0.1, 0.15) is 23.2 Å². The second-order valence-corrected chi connectivity index (χ2v) is 7.92. The molecule has 1 saturated heterocycles. The van der Waals surface area contributed by atoms with Gasteiger partial charge in [-0.3, -0.25) is 9.59 Å². The summed E-state index contributed by atoms with van der Waals surface area (Å²) in [6.07, 6.45) is 0.360. The van der Waals surface area contributed by atoms with E-state index in [1.807, 2.05) is 0 Å². The lowest BCUT2D eigenvalue weighted by atomic mass is 10.2. The third-order valence-electron chi connectivity index (χ3n) is 3.95. The van der Waals surface area contributed by atoms with E-state index in [-0.39, 0.29) is 42.0 Å². The lowest BCUT2D eigenvalue weighted by molar-refractivity contribution is -0.131. The van der Waals surface area contributed by atoms with E-state index in [0.717, 1.165) is 12.1 Å². The average Bonchev–Trinajstić information content (AvgIpc) is 2.86. The Bertz CT molecular complexity index is 752. The molecule has 132 valence electrons. The normalized spacial score (nSPS) is 19.0. The van der Waals surface area contributed by atoms with Crippen molar-refractivity contribution in [2.24, 2.45) is 0 Å². The van der Waals surface area contributed by atoms with Crippen LogP contribution in [-0.4, -0.2) is 56.3 Å². The smallest absolute Gasteiger partial charge is 0.254 e. The second kappa shape index (κ2) is 7.25. The van der Waals surface area contributed by atoms with Gasteiger partial charge in [-0.15, -0.1) is 0 Å². The van der Waals surface area contributed by atoms with Crippen molar-refractivity contribution >= 4 is 21.7 Å². The Morgan fingerprint density at radius 3 is 2.62 bits per heavy atom. The Hall–Kier alpha value is -2.03. The maximum Gasteiger partial charge on any atom is 0.254 e. The number of rotatable bonds is 5. The largest absolute Gasteiger partial charge is 0.351 e. The summed E-state index contributed by atoms with van der Waals surface area (Å²) in [6.45, 7) is -0.0295. The minimum absolute atomic E-state index is 0.0295. The third-order valence-corrected chi connectivity index (χ3v) is 5.70. The molecule has 24 heavy (non-hydrogen) atoms. The fourth-order valence-electron chi connectivity index (χ4n) is 2.51. The monoisotopic (exact) mass is 360 g/mol. The molecule has 0 bridgehead atoms. The maximum absolute atomic E-state index is 13.5. The lowest BCUT2D eigenvalue weighted by Gasteiger charge is -2.23. The molecule has 0 aromatic heterocycles.